The van der Waals surface area contributed by atoms with E-state index in [-0.39, 0.29) is 11.4 Å². The maximum absolute atomic E-state index is 13.9. The molecular formula is C26H26FN3O3S. The zero-order valence-corrected chi connectivity index (χ0v) is 20.1. The Kier molecular flexibility index (Phi) is 7.07. The topological polar surface area (TPSA) is 84.3 Å². The van der Waals surface area contributed by atoms with E-state index in [1.165, 1.54) is 28.9 Å². The number of aromatic nitrogens is 2. The number of thiophene rings is 1. The summed E-state index contributed by atoms with van der Waals surface area (Å²) in [6.07, 6.45) is 3.03. The number of rotatable bonds is 9. The predicted molar refractivity (Wildman–Crippen MR) is 134 cm³/mol. The number of ether oxygens (including phenoxy) is 1. The summed E-state index contributed by atoms with van der Waals surface area (Å²) in [5.41, 5.74) is 3.45. The third kappa shape index (κ3) is 4.87. The number of aromatic carboxylic acids is 1. The minimum Gasteiger partial charge on any atom is -0.493 e. The fourth-order valence-electron chi connectivity index (χ4n) is 3.87. The molecule has 0 saturated carbocycles. The van der Waals surface area contributed by atoms with Crippen LogP contribution in [-0.2, 0) is 6.42 Å². The Labute approximate surface area is 201 Å². The largest absolute Gasteiger partial charge is 0.493 e. The Morgan fingerprint density at radius 2 is 2.00 bits per heavy atom. The lowest BCUT2D eigenvalue weighted by molar-refractivity contribution is 0.0692. The van der Waals surface area contributed by atoms with Crippen LogP contribution in [0.25, 0.3) is 21.3 Å². The van der Waals surface area contributed by atoms with Crippen molar-refractivity contribution < 1.29 is 19.0 Å². The molecule has 0 aliphatic heterocycles. The molecule has 2 aromatic carbocycles. The Morgan fingerprint density at radius 1 is 1.18 bits per heavy atom. The number of hydrogen-bond donors (Lipinski definition) is 2. The number of carboxylic acid groups (broad SMARTS) is 1. The summed E-state index contributed by atoms with van der Waals surface area (Å²) in [6.45, 7) is 6.94. The number of hydrogen-bond acceptors (Lipinski definition) is 6. The molecule has 0 spiro atoms. The SMILES string of the molecule is CCCOc1cc(-c2cc(NCCc3c(C)sc4c(C)c(F)ccc34)ncn2)ccc1C(=O)O. The van der Waals surface area contributed by atoms with Gasteiger partial charge in [0, 0.05) is 33.3 Å². The maximum atomic E-state index is 13.9. The van der Waals surface area contributed by atoms with Crippen molar-refractivity contribution in [1.82, 2.24) is 9.97 Å². The molecular weight excluding hydrogens is 453 g/mol. The van der Waals surface area contributed by atoms with Crippen LogP contribution in [0.1, 0.15) is 39.7 Å². The molecule has 0 bridgehead atoms. The minimum atomic E-state index is -1.03. The van der Waals surface area contributed by atoms with Crippen LogP contribution in [0.15, 0.2) is 42.7 Å². The van der Waals surface area contributed by atoms with Gasteiger partial charge < -0.3 is 15.2 Å². The number of carboxylic acids is 1. The van der Waals surface area contributed by atoms with E-state index in [0.717, 1.165) is 28.5 Å². The lowest BCUT2D eigenvalue weighted by Crippen LogP contribution is -2.07. The third-order valence-corrected chi connectivity index (χ3v) is 6.95. The molecule has 8 heteroatoms. The van der Waals surface area contributed by atoms with Gasteiger partial charge in [-0.05, 0) is 55.8 Å². The molecule has 34 heavy (non-hydrogen) atoms. The van der Waals surface area contributed by atoms with Crippen LogP contribution < -0.4 is 10.1 Å². The van der Waals surface area contributed by atoms with Crippen molar-refractivity contribution in [2.24, 2.45) is 0 Å². The van der Waals surface area contributed by atoms with E-state index in [1.807, 2.05) is 26.0 Å². The van der Waals surface area contributed by atoms with Gasteiger partial charge in [0.2, 0.25) is 0 Å². The first kappa shape index (κ1) is 23.6. The van der Waals surface area contributed by atoms with Gasteiger partial charge in [-0.3, -0.25) is 0 Å². The Morgan fingerprint density at radius 3 is 2.76 bits per heavy atom. The second-order valence-electron chi connectivity index (χ2n) is 8.02. The fourth-order valence-corrected chi connectivity index (χ4v) is 5.06. The monoisotopic (exact) mass is 479 g/mol. The summed E-state index contributed by atoms with van der Waals surface area (Å²) in [7, 11) is 0. The molecule has 0 amide bonds. The molecule has 4 rings (SSSR count). The summed E-state index contributed by atoms with van der Waals surface area (Å²) in [5, 5.41) is 13.9. The van der Waals surface area contributed by atoms with E-state index in [2.05, 4.69) is 22.2 Å². The number of benzene rings is 2. The average Bonchev–Trinajstić information content (AvgIpc) is 3.16. The Balaban J connectivity index is 1.51. The first-order chi connectivity index (χ1) is 16.4. The predicted octanol–water partition coefficient (Wildman–Crippen LogP) is 6.26. The number of nitrogens with zero attached hydrogens (tertiary/aromatic N) is 2. The van der Waals surface area contributed by atoms with Crippen LogP contribution in [-0.4, -0.2) is 34.2 Å². The highest BCUT2D eigenvalue weighted by atomic mass is 32.1. The first-order valence-corrected chi connectivity index (χ1v) is 11.9. The lowest BCUT2D eigenvalue weighted by atomic mass is 10.1. The van der Waals surface area contributed by atoms with Gasteiger partial charge in [-0.25, -0.2) is 19.2 Å². The van der Waals surface area contributed by atoms with Crippen LogP contribution in [0.4, 0.5) is 10.2 Å². The van der Waals surface area contributed by atoms with Gasteiger partial charge in [0.05, 0.1) is 12.3 Å². The van der Waals surface area contributed by atoms with Gasteiger partial charge in [-0.2, -0.15) is 0 Å². The second-order valence-corrected chi connectivity index (χ2v) is 9.24. The molecule has 0 fully saturated rings. The van der Waals surface area contributed by atoms with Gasteiger partial charge in [-0.1, -0.05) is 19.1 Å². The number of nitrogens with one attached hydrogen (secondary N) is 1. The number of fused-ring (bicyclic) bond motifs is 1. The molecule has 0 saturated heterocycles. The van der Waals surface area contributed by atoms with E-state index in [4.69, 9.17) is 4.74 Å². The summed E-state index contributed by atoms with van der Waals surface area (Å²) < 4.78 is 20.6. The number of aryl methyl sites for hydroxylation is 2. The van der Waals surface area contributed by atoms with Crippen molar-refractivity contribution in [1.29, 1.82) is 0 Å². The molecule has 0 unspecified atom stereocenters. The molecule has 6 nitrogen and oxygen atoms in total. The highest BCUT2D eigenvalue weighted by molar-refractivity contribution is 7.19. The summed E-state index contributed by atoms with van der Waals surface area (Å²) in [4.78, 5) is 21.4. The quantitative estimate of drug-likeness (QED) is 0.295. The molecule has 2 heterocycles. The van der Waals surface area contributed by atoms with Crippen LogP contribution >= 0.6 is 11.3 Å². The number of carbonyl (C=O) groups is 1. The molecule has 4 aromatic rings. The summed E-state index contributed by atoms with van der Waals surface area (Å²) in [5.74, 6) is -0.210. The molecule has 176 valence electrons. The van der Waals surface area contributed by atoms with E-state index in [0.29, 0.717) is 36.0 Å². The minimum absolute atomic E-state index is 0.123. The Hall–Kier alpha value is -3.52. The normalized spacial score (nSPS) is 11.1. The lowest BCUT2D eigenvalue weighted by Gasteiger charge is -2.11. The molecule has 0 radical (unpaired) electrons. The van der Waals surface area contributed by atoms with Gasteiger partial charge in [0.15, 0.2) is 0 Å². The van der Waals surface area contributed by atoms with Crippen molar-refractivity contribution in [3.8, 4) is 17.0 Å². The highest BCUT2D eigenvalue weighted by Gasteiger charge is 2.15. The van der Waals surface area contributed by atoms with Crippen molar-refractivity contribution in [3.63, 3.8) is 0 Å². The van der Waals surface area contributed by atoms with Crippen molar-refractivity contribution in [3.05, 3.63) is 70.1 Å². The summed E-state index contributed by atoms with van der Waals surface area (Å²) >= 11 is 1.63. The van der Waals surface area contributed by atoms with Crippen molar-refractivity contribution in [2.75, 3.05) is 18.5 Å². The van der Waals surface area contributed by atoms with Crippen LogP contribution in [0.2, 0.25) is 0 Å². The van der Waals surface area contributed by atoms with Gasteiger partial charge >= 0.3 is 5.97 Å². The van der Waals surface area contributed by atoms with Crippen LogP contribution in [0.5, 0.6) is 5.75 Å². The number of halogens is 1. The first-order valence-electron chi connectivity index (χ1n) is 11.1. The van der Waals surface area contributed by atoms with E-state index in [1.54, 1.807) is 23.5 Å². The smallest absolute Gasteiger partial charge is 0.339 e. The third-order valence-electron chi connectivity index (χ3n) is 5.66. The Bertz CT molecular complexity index is 1350. The van der Waals surface area contributed by atoms with Gasteiger partial charge in [0.1, 0.15) is 29.3 Å². The molecule has 0 aliphatic carbocycles. The van der Waals surface area contributed by atoms with E-state index < -0.39 is 5.97 Å². The molecule has 0 aliphatic rings. The average molecular weight is 480 g/mol. The molecule has 2 N–H and O–H groups in total. The van der Waals surface area contributed by atoms with Crippen LogP contribution in [0.3, 0.4) is 0 Å². The van der Waals surface area contributed by atoms with E-state index in [9.17, 15) is 14.3 Å². The number of anilines is 1. The molecule has 0 atom stereocenters. The zero-order chi connectivity index (χ0) is 24.2. The zero-order valence-electron chi connectivity index (χ0n) is 19.3. The van der Waals surface area contributed by atoms with Gasteiger partial charge in [0.25, 0.3) is 0 Å². The standard InChI is InChI=1S/C26H26FN3O3S/c1-4-11-33-23-12-17(5-6-20(23)26(31)32)22-13-24(30-14-29-22)28-10-9-18-16(3)34-25-15(2)21(27)8-7-19(18)25/h5-8,12-14H,4,9-11H2,1-3H3,(H,31,32)(H,28,29,30). The van der Waals surface area contributed by atoms with Gasteiger partial charge in [-0.15, -0.1) is 11.3 Å². The van der Waals surface area contributed by atoms with E-state index >= 15 is 0 Å². The highest BCUT2D eigenvalue weighted by Crippen LogP contribution is 2.34. The van der Waals surface area contributed by atoms with Crippen LogP contribution in [0, 0.1) is 19.7 Å². The second kappa shape index (κ2) is 10.2. The van der Waals surface area contributed by atoms with Crippen molar-refractivity contribution in [2.45, 2.75) is 33.6 Å². The summed E-state index contributed by atoms with van der Waals surface area (Å²) in [6, 6.07) is 10.2. The maximum Gasteiger partial charge on any atom is 0.339 e. The van der Waals surface area contributed by atoms with Crippen molar-refractivity contribution >= 4 is 33.2 Å². The fraction of sp³-hybridized carbons (Fsp3) is 0.269. The molecule has 2 aromatic heterocycles.